The summed E-state index contributed by atoms with van der Waals surface area (Å²) < 4.78 is 36.4. The van der Waals surface area contributed by atoms with Crippen LogP contribution in [0.15, 0.2) is 0 Å². The van der Waals surface area contributed by atoms with Gasteiger partial charge in [0.1, 0.15) is 0 Å². The third-order valence-electron chi connectivity index (χ3n) is 0.346. The Balaban J connectivity index is 0. The van der Waals surface area contributed by atoms with Crippen LogP contribution < -0.4 is 0 Å². The molecular formula is CH7O9P3+2. The first-order chi connectivity index (χ1) is 5.83. The molecule has 0 aliphatic carbocycles. The maximum absolute atomic E-state index is 10.3. The van der Waals surface area contributed by atoms with Gasteiger partial charge in [0, 0.05) is 24.9 Å². The van der Waals surface area contributed by atoms with Crippen LogP contribution in [0.25, 0.3) is 0 Å². The average Bonchev–Trinajstić information content (AvgIpc) is 1.85. The fourth-order valence-electron chi connectivity index (χ4n) is 0.191. The van der Waals surface area contributed by atoms with E-state index in [0.717, 1.165) is 7.11 Å². The van der Waals surface area contributed by atoms with Crippen molar-refractivity contribution < 1.29 is 42.1 Å². The molecule has 0 radical (unpaired) electrons. The molecule has 0 aromatic heterocycles. The number of phosphoric acid groups is 1. The molecule has 0 amide bonds. The minimum absolute atomic E-state index is 1.00. The van der Waals surface area contributed by atoms with Crippen LogP contribution in [0.1, 0.15) is 0 Å². The zero-order chi connectivity index (χ0) is 11.1. The van der Waals surface area contributed by atoms with Crippen LogP contribution in [0.5, 0.6) is 0 Å². The van der Waals surface area contributed by atoms with Crippen molar-refractivity contribution in [2.24, 2.45) is 0 Å². The molecule has 0 fully saturated rings. The topological polar surface area (TPSA) is 151 Å². The summed E-state index contributed by atoms with van der Waals surface area (Å²) in [5.74, 6) is 0. The van der Waals surface area contributed by atoms with Gasteiger partial charge in [0.15, 0.2) is 0 Å². The number of aliphatic hydroxyl groups excluding tert-OH is 1. The van der Waals surface area contributed by atoms with Crippen LogP contribution in [0.4, 0.5) is 0 Å². The lowest BCUT2D eigenvalue weighted by atomic mass is 11.8. The van der Waals surface area contributed by atoms with E-state index in [1.54, 1.807) is 0 Å². The van der Waals surface area contributed by atoms with E-state index >= 15 is 0 Å². The van der Waals surface area contributed by atoms with Gasteiger partial charge in [-0.15, -0.1) is 9.79 Å². The second-order valence-electron chi connectivity index (χ2n) is 1.11. The number of hydrogen-bond donors (Lipinski definition) is 4. The van der Waals surface area contributed by atoms with Crippen molar-refractivity contribution in [3.8, 4) is 0 Å². The molecule has 0 saturated carbocycles. The second kappa shape index (κ2) is 7.58. The molecule has 0 saturated heterocycles. The Kier molecular flexibility index (Phi) is 9.13. The average molecular weight is 256 g/mol. The van der Waals surface area contributed by atoms with Crippen LogP contribution in [0.3, 0.4) is 0 Å². The van der Waals surface area contributed by atoms with Crippen molar-refractivity contribution in [1.29, 1.82) is 0 Å². The van der Waals surface area contributed by atoms with Gasteiger partial charge in [-0.1, -0.05) is 0 Å². The summed E-state index contributed by atoms with van der Waals surface area (Å²) >= 11 is 0. The predicted molar refractivity (Wildman–Crippen MR) is 39.8 cm³/mol. The molecule has 0 aromatic carbocycles. The van der Waals surface area contributed by atoms with Gasteiger partial charge in [-0.05, 0) is 0 Å². The van der Waals surface area contributed by atoms with E-state index in [2.05, 4.69) is 8.62 Å². The van der Waals surface area contributed by atoms with Crippen molar-refractivity contribution in [3.63, 3.8) is 0 Å². The largest absolute Gasteiger partial charge is 0.705 e. The molecule has 12 heteroatoms. The maximum Gasteiger partial charge on any atom is 0.705 e. The zero-order valence-electron chi connectivity index (χ0n) is 6.17. The van der Waals surface area contributed by atoms with E-state index in [1.807, 2.05) is 0 Å². The number of rotatable bonds is 4. The summed E-state index contributed by atoms with van der Waals surface area (Å²) in [6, 6.07) is 0. The molecule has 0 aliphatic rings. The molecule has 0 spiro atoms. The lowest BCUT2D eigenvalue weighted by molar-refractivity contribution is 0.271. The Morgan fingerprint density at radius 1 is 1.08 bits per heavy atom. The van der Waals surface area contributed by atoms with E-state index in [4.69, 9.17) is 19.8 Å². The van der Waals surface area contributed by atoms with Gasteiger partial charge >= 0.3 is 24.3 Å². The minimum atomic E-state index is -4.87. The van der Waals surface area contributed by atoms with Crippen LogP contribution in [0.2, 0.25) is 0 Å². The van der Waals surface area contributed by atoms with Gasteiger partial charge < -0.3 is 5.11 Å². The van der Waals surface area contributed by atoms with Crippen LogP contribution in [-0.4, -0.2) is 26.9 Å². The van der Waals surface area contributed by atoms with Gasteiger partial charge in [-0.25, -0.2) is 4.57 Å². The van der Waals surface area contributed by atoms with E-state index < -0.39 is 24.3 Å². The highest BCUT2D eigenvalue weighted by Gasteiger charge is 2.43. The summed E-state index contributed by atoms with van der Waals surface area (Å²) in [5.41, 5.74) is 0. The molecule has 0 rings (SSSR count). The highest BCUT2D eigenvalue weighted by molar-refractivity contribution is 7.60. The lowest BCUT2D eigenvalue weighted by Crippen LogP contribution is -1.81. The van der Waals surface area contributed by atoms with Crippen LogP contribution in [-0.2, 0) is 22.3 Å². The first kappa shape index (κ1) is 15.7. The van der Waals surface area contributed by atoms with Gasteiger partial charge in [0.25, 0.3) is 0 Å². The molecular weight excluding hydrogens is 249 g/mol. The summed E-state index contributed by atoms with van der Waals surface area (Å²) in [6.07, 6.45) is 0. The molecule has 13 heavy (non-hydrogen) atoms. The van der Waals surface area contributed by atoms with Crippen LogP contribution in [0, 0.1) is 0 Å². The fourth-order valence-corrected chi connectivity index (χ4v) is 1.99. The normalized spacial score (nSPS) is 16.4. The fraction of sp³-hybridized carbons (Fsp3) is 1.00. The Bertz CT molecular complexity index is 201. The quantitative estimate of drug-likeness (QED) is 0.510. The number of hydrogen-bond acceptors (Lipinski definition) is 6. The summed E-state index contributed by atoms with van der Waals surface area (Å²) in [5, 5.41) is 7.00. The smallest absolute Gasteiger partial charge is 0.400 e. The molecule has 0 aliphatic heterocycles. The first-order valence-electron chi connectivity index (χ1n) is 2.33. The first-order valence-corrected chi connectivity index (χ1v) is 6.08. The highest BCUT2D eigenvalue weighted by Crippen LogP contribution is 2.55. The molecule has 0 aromatic rings. The van der Waals surface area contributed by atoms with Crippen LogP contribution >= 0.6 is 24.3 Å². The van der Waals surface area contributed by atoms with Crippen molar-refractivity contribution in [3.05, 3.63) is 0 Å². The Hall–Kier alpha value is 0.190. The SMILES string of the molecule is CO.O=[P+](O)OP(=O)(O)O[P+](=O)O. The Morgan fingerprint density at radius 2 is 1.31 bits per heavy atom. The summed E-state index contributed by atoms with van der Waals surface area (Å²) in [6.45, 7) is 0. The molecule has 9 nitrogen and oxygen atoms in total. The van der Waals surface area contributed by atoms with Crippen molar-refractivity contribution in [1.82, 2.24) is 0 Å². The maximum atomic E-state index is 10.3. The van der Waals surface area contributed by atoms with Crippen molar-refractivity contribution >= 4 is 24.3 Å². The molecule has 0 heterocycles. The van der Waals surface area contributed by atoms with Gasteiger partial charge in [-0.2, -0.15) is 0 Å². The Morgan fingerprint density at radius 3 is 1.46 bits per heavy atom. The molecule has 4 N–H and O–H groups in total. The second-order valence-corrected chi connectivity index (χ2v) is 4.30. The molecule has 78 valence electrons. The highest BCUT2D eigenvalue weighted by atomic mass is 31.3. The van der Waals surface area contributed by atoms with E-state index in [-0.39, 0.29) is 0 Å². The standard InChI is InChI=1S/CH4O.HO8P3/c1-2;1-9(2)7-11(5,6)8-10(3)4/h2H,1H3;(H-2,1,2,3,4,5,6)/p+2. The molecule has 2 atom stereocenters. The summed E-state index contributed by atoms with van der Waals surface area (Å²) in [7, 11) is -10.6. The third-order valence-corrected chi connectivity index (χ3v) is 3.11. The molecule has 0 bridgehead atoms. The molecule has 2 unspecified atom stereocenters. The van der Waals surface area contributed by atoms with Gasteiger partial charge in [0.2, 0.25) is 0 Å². The van der Waals surface area contributed by atoms with E-state index in [9.17, 15) is 13.7 Å². The Labute approximate surface area is 74.5 Å². The van der Waals surface area contributed by atoms with E-state index in [0.29, 0.717) is 0 Å². The lowest BCUT2D eigenvalue weighted by Gasteiger charge is -1.88. The predicted octanol–water partition coefficient (Wildman–Crippen LogP) is 0.0279. The van der Waals surface area contributed by atoms with E-state index in [1.165, 1.54) is 0 Å². The van der Waals surface area contributed by atoms with Gasteiger partial charge in [-0.3, -0.25) is 4.89 Å². The zero-order valence-corrected chi connectivity index (χ0v) is 8.86. The third kappa shape index (κ3) is 12.2. The summed E-state index contributed by atoms with van der Waals surface area (Å²) in [4.78, 5) is 24.1. The van der Waals surface area contributed by atoms with Crippen molar-refractivity contribution in [2.75, 3.05) is 7.11 Å². The minimum Gasteiger partial charge on any atom is -0.400 e. The van der Waals surface area contributed by atoms with Gasteiger partial charge in [0.05, 0.1) is 0 Å². The van der Waals surface area contributed by atoms with Crippen molar-refractivity contribution in [2.45, 2.75) is 0 Å². The number of aliphatic hydroxyl groups is 1. The monoisotopic (exact) mass is 256 g/mol.